The van der Waals surface area contributed by atoms with Gasteiger partial charge >= 0.3 is 5.69 Å². The van der Waals surface area contributed by atoms with E-state index in [-0.39, 0.29) is 11.2 Å². The van der Waals surface area contributed by atoms with Gasteiger partial charge in [0.2, 0.25) is 0 Å². The summed E-state index contributed by atoms with van der Waals surface area (Å²) in [5, 5.41) is 0.483. The Morgan fingerprint density at radius 1 is 1.00 bits per heavy atom. The van der Waals surface area contributed by atoms with Gasteiger partial charge in [0, 0.05) is 51.4 Å². The predicted octanol–water partition coefficient (Wildman–Crippen LogP) is 2.27. The number of aryl methyl sites for hydroxylation is 2. The molecular formula is C26H32N4O5. The minimum Gasteiger partial charge on any atom is -0.495 e. The molecule has 0 spiro atoms. The number of benzene rings is 2. The van der Waals surface area contributed by atoms with Gasteiger partial charge in [0.1, 0.15) is 5.75 Å². The van der Waals surface area contributed by atoms with Gasteiger partial charge in [-0.15, -0.1) is 0 Å². The largest absolute Gasteiger partial charge is 0.495 e. The normalized spacial score (nSPS) is 16.6. The number of aromatic nitrogens is 2. The number of hydrogen-bond donors (Lipinski definition) is 0. The second-order valence-corrected chi connectivity index (χ2v) is 8.97. The topological polar surface area (TPSA) is 78.2 Å². The molecule has 3 aromatic rings. The lowest BCUT2D eigenvalue weighted by atomic mass is 10.1. The third kappa shape index (κ3) is 4.53. The fourth-order valence-electron chi connectivity index (χ4n) is 5.03. The lowest BCUT2D eigenvalue weighted by molar-refractivity contribution is -0.203. The van der Waals surface area contributed by atoms with Crippen LogP contribution in [0.2, 0.25) is 0 Å². The molecule has 186 valence electrons. The van der Waals surface area contributed by atoms with Gasteiger partial charge in [0.25, 0.3) is 5.56 Å². The first-order valence-electron chi connectivity index (χ1n) is 12.3. The maximum Gasteiger partial charge on any atom is 0.331 e. The van der Waals surface area contributed by atoms with Crippen molar-refractivity contribution in [3.8, 4) is 11.5 Å². The summed E-state index contributed by atoms with van der Waals surface area (Å²) in [6, 6.07) is 11.7. The first-order chi connectivity index (χ1) is 17.1. The Kier molecular flexibility index (Phi) is 6.79. The molecule has 2 aromatic carbocycles. The van der Waals surface area contributed by atoms with E-state index in [4.69, 9.17) is 14.5 Å². The van der Waals surface area contributed by atoms with E-state index in [0.717, 1.165) is 56.0 Å². The number of ether oxygens (including phenoxy) is 1. The quantitative estimate of drug-likeness (QED) is 0.501. The van der Waals surface area contributed by atoms with Gasteiger partial charge in [-0.25, -0.2) is 4.79 Å². The van der Waals surface area contributed by atoms with Crippen molar-refractivity contribution in [1.29, 1.82) is 0 Å². The second kappa shape index (κ2) is 10.1. The maximum absolute atomic E-state index is 13.4. The molecule has 0 bridgehead atoms. The van der Waals surface area contributed by atoms with Crippen LogP contribution in [0, 0.1) is 0 Å². The Labute approximate surface area is 204 Å². The molecule has 3 heterocycles. The third-order valence-electron chi connectivity index (χ3n) is 6.98. The summed E-state index contributed by atoms with van der Waals surface area (Å²) >= 11 is 0. The monoisotopic (exact) mass is 480 g/mol. The van der Waals surface area contributed by atoms with Gasteiger partial charge in [-0.3, -0.25) is 18.8 Å². The van der Waals surface area contributed by atoms with E-state index in [1.54, 1.807) is 17.7 Å². The molecule has 0 unspecified atom stereocenters. The zero-order valence-corrected chi connectivity index (χ0v) is 20.4. The molecule has 0 radical (unpaired) electrons. The average molecular weight is 481 g/mol. The number of fused-ring (bicyclic) bond motifs is 2. The molecule has 2 aliphatic heterocycles. The van der Waals surface area contributed by atoms with Crippen LogP contribution in [0.5, 0.6) is 11.5 Å². The molecule has 1 saturated heterocycles. The molecule has 2 aliphatic rings. The van der Waals surface area contributed by atoms with E-state index in [1.807, 2.05) is 31.2 Å². The number of rotatable bonds is 6. The maximum atomic E-state index is 13.4. The summed E-state index contributed by atoms with van der Waals surface area (Å²) < 4.78 is 8.55. The first-order valence-corrected chi connectivity index (χ1v) is 12.3. The van der Waals surface area contributed by atoms with Gasteiger partial charge in [0.05, 0.1) is 30.3 Å². The fourth-order valence-corrected chi connectivity index (χ4v) is 5.03. The van der Waals surface area contributed by atoms with Crippen LogP contribution in [0.1, 0.15) is 18.9 Å². The van der Waals surface area contributed by atoms with E-state index in [0.29, 0.717) is 42.9 Å². The van der Waals surface area contributed by atoms with Crippen molar-refractivity contribution < 1.29 is 14.5 Å². The summed E-state index contributed by atoms with van der Waals surface area (Å²) in [4.78, 5) is 41.9. The summed E-state index contributed by atoms with van der Waals surface area (Å²) in [5.41, 5.74) is 2.17. The molecule has 0 aliphatic carbocycles. The predicted molar refractivity (Wildman–Crippen MR) is 135 cm³/mol. The molecule has 0 N–H and O–H groups in total. The highest BCUT2D eigenvalue weighted by Crippen LogP contribution is 2.29. The van der Waals surface area contributed by atoms with Crippen LogP contribution < -0.4 is 25.8 Å². The lowest BCUT2D eigenvalue weighted by Gasteiger charge is -2.36. The van der Waals surface area contributed by atoms with E-state index in [1.165, 1.54) is 4.57 Å². The lowest BCUT2D eigenvalue weighted by Crippen LogP contribution is -2.49. The Hall–Kier alpha value is -3.30. The van der Waals surface area contributed by atoms with Crippen molar-refractivity contribution in [1.82, 2.24) is 14.0 Å². The van der Waals surface area contributed by atoms with Gasteiger partial charge in [-0.1, -0.05) is 12.1 Å². The summed E-state index contributed by atoms with van der Waals surface area (Å²) in [5.74, 6) is 1.43. The van der Waals surface area contributed by atoms with E-state index >= 15 is 0 Å². The van der Waals surface area contributed by atoms with E-state index in [2.05, 4.69) is 15.9 Å². The van der Waals surface area contributed by atoms with E-state index < -0.39 is 0 Å². The van der Waals surface area contributed by atoms with Gasteiger partial charge in [0.15, 0.2) is 5.75 Å². The molecule has 9 heteroatoms. The minimum atomic E-state index is -0.280. The fraction of sp³-hybridized carbons (Fsp3) is 0.462. The van der Waals surface area contributed by atoms with E-state index in [9.17, 15) is 9.59 Å². The standard InChI is InChI=1S/C26H32N4O5/c1-3-29-22-17-19-7-6-16-34-35-24(19)18-20(22)25(31)30(26(29)32)15-12-27-10-13-28(14-11-27)21-8-4-5-9-23(21)33-2/h4-5,8-9,17-18H,3,6-7,10-16H2,1-2H3. The van der Waals surface area contributed by atoms with Crippen molar-refractivity contribution in [2.45, 2.75) is 32.9 Å². The van der Waals surface area contributed by atoms with Gasteiger partial charge in [-0.05, 0) is 44.0 Å². The zero-order valence-electron chi connectivity index (χ0n) is 20.4. The molecule has 0 saturated carbocycles. The Bertz CT molecular complexity index is 1320. The molecule has 0 atom stereocenters. The number of methoxy groups -OCH3 is 1. The number of piperazine rings is 1. The Balaban J connectivity index is 1.35. The second-order valence-electron chi connectivity index (χ2n) is 8.97. The molecular weight excluding hydrogens is 448 g/mol. The van der Waals surface area contributed by atoms with Crippen LogP contribution in [-0.2, 0) is 24.4 Å². The molecule has 0 amide bonds. The average Bonchev–Trinajstić information content (AvgIpc) is 3.13. The Morgan fingerprint density at radius 3 is 2.57 bits per heavy atom. The third-order valence-corrected chi connectivity index (χ3v) is 6.98. The number of para-hydroxylation sites is 2. The Morgan fingerprint density at radius 2 is 1.80 bits per heavy atom. The van der Waals surface area contributed by atoms with Crippen molar-refractivity contribution in [2.75, 3.05) is 51.3 Å². The van der Waals surface area contributed by atoms with Crippen LogP contribution in [-0.4, -0.2) is 60.5 Å². The van der Waals surface area contributed by atoms with Crippen molar-refractivity contribution in [3.63, 3.8) is 0 Å². The highest BCUT2D eigenvalue weighted by atomic mass is 17.2. The molecule has 1 fully saturated rings. The van der Waals surface area contributed by atoms with Crippen molar-refractivity contribution in [2.24, 2.45) is 0 Å². The van der Waals surface area contributed by atoms with Gasteiger partial charge < -0.3 is 14.5 Å². The summed E-state index contributed by atoms with van der Waals surface area (Å²) in [6.45, 7) is 7.31. The highest BCUT2D eigenvalue weighted by Gasteiger charge is 2.21. The van der Waals surface area contributed by atoms with Crippen molar-refractivity contribution in [3.05, 3.63) is 62.8 Å². The number of hydrogen-bond acceptors (Lipinski definition) is 7. The highest BCUT2D eigenvalue weighted by molar-refractivity contribution is 5.81. The van der Waals surface area contributed by atoms with Crippen molar-refractivity contribution >= 4 is 16.6 Å². The smallest absolute Gasteiger partial charge is 0.331 e. The van der Waals surface area contributed by atoms with Crippen LogP contribution in [0.3, 0.4) is 0 Å². The van der Waals surface area contributed by atoms with Crippen LogP contribution >= 0.6 is 0 Å². The number of nitrogens with zero attached hydrogens (tertiary/aromatic N) is 4. The van der Waals surface area contributed by atoms with Gasteiger partial charge in [-0.2, -0.15) is 4.89 Å². The summed E-state index contributed by atoms with van der Waals surface area (Å²) in [7, 11) is 1.69. The minimum absolute atomic E-state index is 0.261. The number of anilines is 1. The van der Waals surface area contributed by atoms with Crippen LogP contribution in [0.15, 0.2) is 46.0 Å². The molecule has 35 heavy (non-hydrogen) atoms. The van der Waals surface area contributed by atoms with Crippen LogP contribution in [0.4, 0.5) is 5.69 Å². The molecule has 9 nitrogen and oxygen atoms in total. The summed E-state index contributed by atoms with van der Waals surface area (Å²) in [6.07, 6.45) is 1.61. The van der Waals surface area contributed by atoms with Crippen LogP contribution in [0.25, 0.3) is 10.9 Å². The first kappa shape index (κ1) is 23.4. The molecule has 5 rings (SSSR count). The SMILES string of the molecule is CCn1c(=O)n(CCN2CCN(c3ccccc3OC)CC2)c(=O)c2cc3c(cc21)CCCOO3. The molecule has 1 aromatic heterocycles. The zero-order chi connectivity index (χ0) is 24.4.